The Hall–Kier alpha value is -0.480. The summed E-state index contributed by atoms with van der Waals surface area (Å²) in [5.41, 5.74) is 0.995. The minimum atomic E-state index is 0.476. The molecule has 2 atom stereocenters. The number of aromatic nitrogens is 1. The highest BCUT2D eigenvalue weighted by atomic mass is 32.2. The number of rotatable bonds is 7. The van der Waals surface area contributed by atoms with Gasteiger partial charge in [0.1, 0.15) is 5.76 Å². The molecular formula is C13H24N2OS. The Kier molecular flexibility index (Phi) is 6.06. The molecule has 1 rings (SSSR count). The summed E-state index contributed by atoms with van der Waals surface area (Å²) in [5, 5.41) is 4.84. The molecule has 17 heavy (non-hydrogen) atoms. The zero-order valence-electron chi connectivity index (χ0n) is 11.5. The van der Waals surface area contributed by atoms with Crippen LogP contribution in [-0.4, -0.2) is 22.8 Å². The fourth-order valence-corrected chi connectivity index (χ4v) is 2.84. The first kappa shape index (κ1) is 14.6. The van der Waals surface area contributed by atoms with E-state index >= 15 is 0 Å². The van der Waals surface area contributed by atoms with Crippen LogP contribution in [0.1, 0.15) is 45.1 Å². The third-order valence-electron chi connectivity index (χ3n) is 2.96. The van der Waals surface area contributed by atoms with E-state index in [1.54, 1.807) is 11.8 Å². The molecule has 1 heterocycles. The van der Waals surface area contributed by atoms with Gasteiger partial charge in [0.05, 0.1) is 5.69 Å². The SMILES string of the molecule is CCCNC(CC)C(C)Sc1nc(C)c(C)o1. The van der Waals surface area contributed by atoms with Gasteiger partial charge in [-0.15, -0.1) is 0 Å². The van der Waals surface area contributed by atoms with Crippen molar-refractivity contribution in [1.82, 2.24) is 10.3 Å². The number of hydrogen-bond acceptors (Lipinski definition) is 4. The molecule has 0 aliphatic heterocycles. The molecule has 1 aromatic heterocycles. The third-order valence-corrected chi connectivity index (χ3v) is 4.04. The summed E-state index contributed by atoms with van der Waals surface area (Å²) in [4.78, 5) is 4.42. The van der Waals surface area contributed by atoms with Gasteiger partial charge in [0, 0.05) is 11.3 Å². The molecule has 0 radical (unpaired) electrons. The van der Waals surface area contributed by atoms with Gasteiger partial charge in [0.25, 0.3) is 5.22 Å². The highest BCUT2D eigenvalue weighted by Crippen LogP contribution is 2.27. The molecule has 0 fully saturated rings. The molecule has 0 amide bonds. The van der Waals surface area contributed by atoms with Crippen molar-refractivity contribution in [2.24, 2.45) is 0 Å². The van der Waals surface area contributed by atoms with Crippen LogP contribution in [0.4, 0.5) is 0 Å². The molecule has 1 N–H and O–H groups in total. The average molecular weight is 256 g/mol. The molecule has 2 unspecified atom stereocenters. The average Bonchev–Trinajstić information content (AvgIpc) is 2.59. The minimum Gasteiger partial charge on any atom is -0.437 e. The van der Waals surface area contributed by atoms with Crippen LogP contribution in [-0.2, 0) is 0 Å². The van der Waals surface area contributed by atoms with Crippen LogP contribution in [0.3, 0.4) is 0 Å². The summed E-state index contributed by atoms with van der Waals surface area (Å²) in [6.45, 7) is 11.7. The van der Waals surface area contributed by atoms with Gasteiger partial charge in [-0.05, 0) is 33.2 Å². The number of aryl methyl sites for hydroxylation is 2. The molecule has 0 aromatic carbocycles. The fraction of sp³-hybridized carbons (Fsp3) is 0.769. The zero-order chi connectivity index (χ0) is 12.8. The summed E-state index contributed by atoms with van der Waals surface area (Å²) in [7, 11) is 0. The second-order valence-corrected chi connectivity index (χ2v) is 5.74. The summed E-state index contributed by atoms with van der Waals surface area (Å²) in [5.74, 6) is 0.925. The van der Waals surface area contributed by atoms with Crippen LogP contribution >= 0.6 is 11.8 Å². The normalized spacial score (nSPS) is 14.9. The molecule has 0 spiro atoms. The van der Waals surface area contributed by atoms with Crippen LogP contribution < -0.4 is 5.32 Å². The van der Waals surface area contributed by atoms with Crippen LogP contribution in [0.15, 0.2) is 9.64 Å². The highest BCUT2D eigenvalue weighted by Gasteiger charge is 2.18. The summed E-state index contributed by atoms with van der Waals surface area (Å²) in [6, 6.07) is 0.521. The van der Waals surface area contributed by atoms with E-state index < -0.39 is 0 Å². The minimum absolute atomic E-state index is 0.476. The quantitative estimate of drug-likeness (QED) is 0.757. The molecule has 4 heteroatoms. The number of hydrogen-bond donors (Lipinski definition) is 1. The van der Waals surface area contributed by atoms with Gasteiger partial charge >= 0.3 is 0 Å². The highest BCUT2D eigenvalue weighted by molar-refractivity contribution is 7.99. The predicted octanol–water partition coefficient (Wildman–Crippen LogP) is 3.55. The third kappa shape index (κ3) is 4.36. The first-order valence-corrected chi connectivity index (χ1v) is 7.30. The standard InChI is InChI=1S/C13H24N2OS/c1-6-8-14-12(7-2)11(5)17-13-15-9(3)10(4)16-13/h11-12,14H,6-8H2,1-5H3. The lowest BCUT2D eigenvalue weighted by molar-refractivity contribution is 0.426. The second-order valence-electron chi connectivity index (χ2n) is 4.41. The summed E-state index contributed by atoms with van der Waals surface area (Å²) in [6.07, 6.45) is 2.30. The largest absolute Gasteiger partial charge is 0.437 e. The van der Waals surface area contributed by atoms with Gasteiger partial charge in [-0.1, -0.05) is 32.5 Å². The Labute approximate surface area is 109 Å². The summed E-state index contributed by atoms with van der Waals surface area (Å²) >= 11 is 1.72. The fourth-order valence-electron chi connectivity index (χ4n) is 1.71. The van der Waals surface area contributed by atoms with Crippen LogP contribution in [0.5, 0.6) is 0 Å². The Morgan fingerprint density at radius 3 is 2.53 bits per heavy atom. The van der Waals surface area contributed by atoms with Crippen LogP contribution in [0.2, 0.25) is 0 Å². The molecule has 0 bridgehead atoms. The lowest BCUT2D eigenvalue weighted by atomic mass is 10.1. The molecular weight excluding hydrogens is 232 g/mol. The maximum Gasteiger partial charge on any atom is 0.256 e. The van der Waals surface area contributed by atoms with E-state index in [9.17, 15) is 0 Å². The van der Waals surface area contributed by atoms with Crippen molar-refractivity contribution in [3.05, 3.63) is 11.5 Å². The van der Waals surface area contributed by atoms with Gasteiger partial charge < -0.3 is 9.73 Å². The maximum atomic E-state index is 5.61. The zero-order valence-corrected chi connectivity index (χ0v) is 12.4. The van der Waals surface area contributed by atoms with E-state index in [0.29, 0.717) is 11.3 Å². The molecule has 98 valence electrons. The van der Waals surface area contributed by atoms with E-state index in [0.717, 1.165) is 29.6 Å². The molecule has 0 saturated heterocycles. The van der Waals surface area contributed by atoms with Gasteiger partial charge in [-0.2, -0.15) is 0 Å². The van der Waals surface area contributed by atoms with E-state index in [1.807, 2.05) is 13.8 Å². The van der Waals surface area contributed by atoms with Crippen molar-refractivity contribution in [2.75, 3.05) is 6.54 Å². The van der Waals surface area contributed by atoms with Crippen LogP contribution in [0.25, 0.3) is 0 Å². The lowest BCUT2D eigenvalue weighted by Gasteiger charge is -2.22. The van der Waals surface area contributed by atoms with E-state index in [4.69, 9.17) is 4.42 Å². The predicted molar refractivity (Wildman–Crippen MR) is 73.7 cm³/mol. The number of thioether (sulfide) groups is 1. The van der Waals surface area contributed by atoms with Crippen molar-refractivity contribution < 1.29 is 4.42 Å². The Morgan fingerprint density at radius 2 is 2.06 bits per heavy atom. The Balaban J connectivity index is 2.54. The van der Waals surface area contributed by atoms with Crippen molar-refractivity contribution in [2.45, 2.75) is 64.0 Å². The first-order chi connectivity index (χ1) is 8.08. The molecule has 0 saturated carbocycles. The molecule has 0 aliphatic rings. The van der Waals surface area contributed by atoms with Crippen molar-refractivity contribution in [3.63, 3.8) is 0 Å². The number of oxazole rings is 1. The second kappa shape index (κ2) is 7.07. The molecule has 0 aliphatic carbocycles. The molecule has 1 aromatic rings. The maximum absolute atomic E-state index is 5.61. The van der Waals surface area contributed by atoms with Crippen molar-refractivity contribution in [1.29, 1.82) is 0 Å². The number of nitrogens with zero attached hydrogens (tertiary/aromatic N) is 1. The van der Waals surface area contributed by atoms with Gasteiger partial charge in [0.2, 0.25) is 0 Å². The lowest BCUT2D eigenvalue weighted by Crippen LogP contribution is -2.36. The Morgan fingerprint density at radius 1 is 1.35 bits per heavy atom. The van der Waals surface area contributed by atoms with E-state index in [2.05, 4.69) is 31.1 Å². The summed E-state index contributed by atoms with van der Waals surface area (Å²) < 4.78 is 5.61. The number of nitrogens with one attached hydrogen (secondary N) is 1. The van der Waals surface area contributed by atoms with Gasteiger partial charge in [-0.25, -0.2) is 4.98 Å². The Bertz CT molecular complexity index is 319. The topological polar surface area (TPSA) is 38.1 Å². The van der Waals surface area contributed by atoms with E-state index in [1.165, 1.54) is 6.42 Å². The van der Waals surface area contributed by atoms with Crippen molar-refractivity contribution in [3.8, 4) is 0 Å². The smallest absolute Gasteiger partial charge is 0.256 e. The van der Waals surface area contributed by atoms with Crippen LogP contribution in [0, 0.1) is 13.8 Å². The monoisotopic (exact) mass is 256 g/mol. The van der Waals surface area contributed by atoms with Gasteiger partial charge in [0.15, 0.2) is 0 Å². The molecule has 3 nitrogen and oxygen atoms in total. The van der Waals surface area contributed by atoms with Gasteiger partial charge in [-0.3, -0.25) is 0 Å². The van der Waals surface area contributed by atoms with E-state index in [-0.39, 0.29) is 0 Å². The van der Waals surface area contributed by atoms with Crippen molar-refractivity contribution >= 4 is 11.8 Å². The first-order valence-electron chi connectivity index (χ1n) is 6.42.